The Morgan fingerprint density at radius 1 is 1.21 bits per heavy atom. The molecule has 1 atom stereocenters. The van der Waals surface area contributed by atoms with Gasteiger partial charge < -0.3 is 5.32 Å². The van der Waals surface area contributed by atoms with Gasteiger partial charge in [0.1, 0.15) is 5.52 Å². The van der Waals surface area contributed by atoms with Gasteiger partial charge in [-0.2, -0.15) is 0 Å². The number of hydrogen-bond donors (Lipinski definition) is 1. The molecule has 1 N–H and O–H groups in total. The van der Waals surface area contributed by atoms with Gasteiger partial charge in [-0.15, -0.1) is 5.10 Å². The van der Waals surface area contributed by atoms with Gasteiger partial charge in [-0.05, 0) is 62.4 Å². The number of carbonyl (C=O) groups is 1. The number of amides is 1. The summed E-state index contributed by atoms with van der Waals surface area (Å²) in [6.45, 7) is 2.02. The summed E-state index contributed by atoms with van der Waals surface area (Å²) in [6.07, 6.45) is 7.78. The van der Waals surface area contributed by atoms with Crippen molar-refractivity contribution in [2.45, 2.75) is 64.0 Å². The molecule has 29 heavy (non-hydrogen) atoms. The fourth-order valence-corrected chi connectivity index (χ4v) is 4.36. The van der Waals surface area contributed by atoms with Crippen molar-refractivity contribution >= 4 is 28.5 Å². The number of rotatable bonds is 6. The monoisotopic (exact) mass is 410 g/mol. The standard InChI is InChI=1S/C23H27ClN4O/c1-16(11-12-17-7-5-6-10-20(17)24)25-23(29)18-13-14-22-21(15-18)26-27-28(22)19-8-3-2-4-9-19/h5-7,10,13-16,19H,2-4,8-9,11-12H2,1H3,(H,25,29)/t16-/m1/s1. The smallest absolute Gasteiger partial charge is 0.251 e. The zero-order valence-corrected chi connectivity index (χ0v) is 17.5. The third kappa shape index (κ3) is 4.61. The number of aromatic nitrogens is 3. The van der Waals surface area contributed by atoms with Crippen molar-refractivity contribution in [1.29, 1.82) is 0 Å². The summed E-state index contributed by atoms with van der Waals surface area (Å²) in [4.78, 5) is 12.7. The van der Waals surface area contributed by atoms with Crippen LogP contribution in [0, 0.1) is 0 Å². The largest absolute Gasteiger partial charge is 0.350 e. The average molecular weight is 411 g/mol. The zero-order chi connectivity index (χ0) is 20.2. The average Bonchev–Trinajstić information content (AvgIpc) is 3.17. The number of fused-ring (bicyclic) bond motifs is 1. The molecular formula is C23H27ClN4O. The predicted octanol–water partition coefficient (Wildman–Crippen LogP) is 5.34. The van der Waals surface area contributed by atoms with Crippen LogP contribution in [0.2, 0.25) is 5.02 Å². The Morgan fingerprint density at radius 2 is 2.00 bits per heavy atom. The SMILES string of the molecule is C[C@H](CCc1ccccc1Cl)NC(=O)c1ccc2c(c1)nnn2C1CCCCC1. The van der Waals surface area contributed by atoms with E-state index in [1.54, 1.807) is 0 Å². The van der Waals surface area contributed by atoms with E-state index in [2.05, 4.69) is 15.6 Å². The fraction of sp³-hybridized carbons (Fsp3) is 0.435. The van der Waals surface area contributed by atoms with Crippen molar-refractivity contribution in [3.8, 4) is 0 Å². The molecule has 5 nitrogen and oxygen atoms in total. The lowest BCUT2D eigenvalue weighted by molar-refractivity contribution is 0.0938. The van der Waals surface area contributed by atoms with Crippen LogP contribution in [-0.2, 0) is 6.42 Å². The van der Waals surface area contributed by atoms with Crippen molar-refractivity contribution in [3.05, 3.63) is 58.6 Å². The summed E-state index contributed by atoms with van der Waals surface area (Å²) in [7, 11) is 0. The van der Waals surface area contributed by atoms with E-state index in [0.717, 1.165) is 47.3 Å². The first-order valence-electron chi connectivity index (χ1n) is 10.5. The van der Waals surface area contributed by atoms with Crippen LogP contribution in [0.3, 0.4) is 0 Å². The highest BCUT2D eigenvalue weighted by atomic mass is 35.5. The van der Waals surface area contributed by atoms with Crippen LogP contribution in [0.15, 0.2) is 42.5 Å². The van der Waals surface area contributed by atoms with E-state index in [9.17, 15) is 4.79 Å². The first-order chi connectivity index (χ1) is 14.1. The summed E-state index contributed by atoms with van der Waals surface area (Å²) in [5.41, 5.74) is 3.53. The number of carbonyl (C=O) groups excluding carboxylic acids is 1. The minimum Gasteiger partial charge on any atom is -0.350 e. The fourth-order valence-electron chi connectivity index (χ4n) is 4.13. The quantitative estimate of drug-likeness (QED) is 0.596. The van der Waals surface area contributed by atoms with E-state index >= 15 is 0 Å². The van der Waals surface area contributed by atoms with Crippen LogP contribution in [0.1, 0.15) is 67.4 Å². The molecule has 0 radical (unpaired) electrons. The molecule has 1 heterocycles. The summed E-state index contributed by atoms with van der Waals surface area (Å²) < 4.78 is 2.04. The van der Waals surface area contributed by atoms with E-state index in [0.29, 0.717) is 11.6 Å². The molecule has 3 aromatic rings. The minimum atomic E-state index is -0.0780. The first kappa shape index (κ1) is 19.9. The molecule has 0 unspecified atom stereocenters. The second-order valence-electron chi connectivity index (χ2n) is 8.03. The van der Waals surface area contributed by atoms with Crippen molar-refractivity contribution in [2.24, 2.45) is 0 Å². The van der Waals surface area contributed by atoms with Gasteiger partial charge in [-0.3, -0.25) is 4.79 Å². The molecule has 152 valence electrons. The van der Waals surface area contributed by atoms with E-state index in [1.165, 1.54) is 19.3 Å². The van der Waals surface area contributed by atoms with Gasteiger partial charge in [0, 0.05) is 16.6 Å². The number of nitrogens with zero attached hydrogens (tertiary/aromatic N) is 3. The predicted molar refractivity (Wildman–Crippen MR) is 116 cm³/mol. The Labute approximate surface area is 176 Å². The molecule has 6 heteroatoms. The second-order valence-corrected chi connectivity index (χ2v) is 8.44. The maximum Gasteiger partial charge on any atom is 0.251 e. The number of nitrogens with one attached hydrogen (secondary N) is 1. The number of hydrogen-bond acceptors (Lipinski definition) is 3. The molecule has 0 bridgehead atoms. The van der Waals surface area contributed by atoms with Crippen molar-refractivity contribution in [1.82, 2.24) is 20.3 Å². The van der Waals surface area contributed by atoms with Gasteiger partial charge in [-0.25, -0.2) is 4.68 Å². The van der Waals surface area contributed by atoms with Gasteiger partial charge in [0.15, 0.2) is 0 Å². The van der Waals surface area contributed by atoms with E-state index < -0.39 is 0 Å². The maximum absolute atomic E-state index is 12.7. The highest BCUT2D eigenvalue weighted by molar-refractivity contribution is 6.31. The van der Waals surface area contributed by atoms with Crippen molar-refractivity contribution < 1.29 is 4.79 Å². The molecular weight excluding hydrogens is 384 g/mol. The Hall–Kier alpha value is -2.40. The van der Waals surface area contributed by atoms with E-state index in [1.807, 2.05) is 54.1 Å². The molecule has 1 aromatic heterocycles. The summed E-state index contributed by atoms with van der Waals surface area (Å²) >= 11 is 6.22. The minimum absolute atomic E-state index is 0.0485. The summed E-state index contributed by atoms with van der Waals surface area (Å²) in [5, 5.41) is 12.6. The zero-order valence-electron chi connectivity index (χ0n) is 16.8. The van der Waals surface area contributed by atoms with E-state index in [-0.39, 0.29) is 11.9 Å². The van der Waals surface area contributed by atoms with Crippen molar-refractivity contribution in [2.75, 3.05) is 0 Å². The maximum atomic E-state index is 12.7. The van der Waals surface area contributed by atoms with Gasteiger partial charge >= 0.3 is 0 Å². The van der Waals surface area contributed by atoms with Crippen LogP contribution >= 0.6 is 11.6 Å². The molecule has 4 rings (SSSR count). The third-order valence-electron chi connectivity index (χ3n) is 5.84. The van der Waals surface area contributed by atoms with Crippen molar-refractivity contribution in [3.63, 3.8) is 0 Å². The molecule has 1 saturated carbocycles. The Bertz CT molecular complexity index is 993. The Balaban J connectivity index is 1.40. The second kappa shape index (κ2) is 8.95. The highest BCUT2D eigenvalue weighted by Gasteiger charge is 2.19. The first-order valence-corrected chi connectivity index (χ1v) is 10.9. The van der Waals surface area contributed by atoms with Crippen LogP contribution in [0.5, 0.6) is 0 Å². The van der Waals surface area contributed by atoms with Crippen LogP contribution in [-0.4, -0.2) is 26.9 Å². The van der Waals surface area contributed by atoms with Gasteiger partial charge in [0.25, 0.3) is 5.91 Å². The van der Waals surface area contributed by atoms with Crippen LogP contribution in [0.25, 0.3) is 11.0 Å². The lowest BCUT2D eigenvalue weighted by Gasteiger charge is -2.21. The molecule has 1 fully saturated rings. The third-order valence-corrected chi connectivity index (χ3v) is 6.20. The van der Waals surface area contributed by atoms with Gasteiger partial charge in [-0.1, -0.05) is 54.3 Å². The molecule has 0 aliphatic heterocycles. The van der Waals surface area contributed by atoms with Crippen LogP contribution in [0.4, 0.5) is 0 Å². The molecule has 2 aromatic carbocycles. The van der Waals surface area contributed by atoms with Gasteiger partial charge in [0.05, 0.1) is 11.6 Å². The summed E-state index contributed by atoms with van der Waals surface area (Å²) in [6, 6.07) is 14.0. The summed E-state index contributed by atoms with van der Waals surface area (Å²) in [5.74, 6) is -0.0780. The van der Waals surface area contributed by atoms with Crippen LogP contribution < -0.4 is 5.32 Å². The van der Waals surface area contributed by atoms with E-state index in [4.69, 9.17) is 11.6 Å². The molecule has 1 aliphatic rings. The topological polar surface area (TPSA) is 59.8 Å². The normalized spacial score (nSPS) is 16.1. The Morgan fingerprint density at radius 3 is 2.79 bits per heavy atom. The number of benzene rings is 2. The molecule has 0 spiro atoms. The lowest BCUT2D eigenvalue weighted by Crippen LogP contribution is -2.32. The Kier molecular flexibility index (Phi) is 6.14. The highest BCUT2D eigenvalue weighted by Crippen LogP contribution is 2.30. The number of halogens is 1. The molecule has 0 saturated heterocycles. The molecule has 1 aliphatic carbocycles. The van der Waals surface area contributed by atoms with Gasteiger partial charge in [0.2, 0.25) is 0 Å². The molecule has 1 amide bonds. The lowest BCUT2D eigenvalue weighted by atomic mass is 9.95. The number of aryl methyl sites for hydroxylation is 1.